The third-order valence-electron chi connectivity index (χ3n) is 14.2. The number of carbonyl (C=O) groups is 14. The summed E-state index contributed by atoms with van der Waals surface area (Å²) in [6.45, 7) is 7.98. The van der Waals surface area contributed by atoms with Crippen molar-refractivity contribution in [2.45, 2.75) is 250 Å². The van der Waals surface area contributed by atoms with E-state index in [1.807, 2.05) is 0 Å². The summed E-state index contributed by atoms with van der Waals surface area (Å²) in [6, 6.07) is 0. The summed E-state index contributed by atoms with van der Waals surface area (Å²) in [6.07, 6.45) is -50.7. The molecule has 0 aromatic carbocycles. The molecular weight excluding hydrogens is 1340 g/mol. The van der Waals surface area contributed by atoms with Crippen molar-refractivity contribution in [1.82, 2.24) is 0 Å². The van der Waals surface area contributed by atoms with E-state index in [0.29, 0.717) is 0 Å². The van der Waals surface area contributed by atoms with E-state index in [-0.39, 0.29) is 0 Å². The number of carbonyl (C=O) groups excluding carboxylic acids is 14. The Labute approximate surface area is 557 Å². The quantitative estimate of drug-likeness (QED) is 0.0522. The van der Waals surface area contributed by atoms with Crippen LogP contribution in [0.5, 0.6) is 0 Å². The van der Waals surface area contributed by atoms with Gasteiger partial charge < -0.3 is 124 Å². The van der Waals surface area contributed by atoms with Crippen LogP contribution in [0.3, 0.4) is 0 Å². The number of esters is 14. The lowest BCUT2D eigenvalue weighted by molar-refractivity contribution is -0.393. The summed E-state index contributed by atoms with van der Waals surface area (Å²) >= 11 is 0. The molecule has 5 fully saturated rings. The summed E-state index contributed by atoms with van der Waals surface area (Å²) in [5.74, 6) is -15.3. The molecule has 0 saturated carbocycles. The van der Waals surface area contributed by atoms with Gasteiger partial charge in [0.05, 0.1) is 6.61 Å². The molecule has 5 aliphatic rings. The lowest BCUT2D eigenvalue weighted by atomic mass is 9.94. The van der Waals surface area contributed by atoms with E-state index in [1.54, 1.807) is 0 Å². The number of rotatable bonds is 27. The van der Waals surface area contributed by atoms with Gasteiger partial charge in [0, 0.05) is 96.9 Å². The number of aliphatic hydroxyl groups is 3. The number of hydrogen-bond donors (Lipinski definition) is 3. The summed E-state index contributed by atoms with van der Waals surface area (Å²) in [5.41, 5.74) is 0. The van der Waals surface area contributed by atoms with E-state index in [9.17, 15) is 82.4 Å². The average Bonchev–Trinajstić information content (AvgIpc) is 0.763. The molecule has 5 heterocycles. The molecule has 98 heavy (non-hydrogen) atoms. The fourth-order valence-corrected chi connectivity index (χ4v) is 10.8. The van der Waals surface area contributed by atoms with Gasteiger partial charge in [0.15, 0.2) is 92.5 Å². The molecule has 0 bridgehead atoms. The molecule has 3 N–H and O–H groups in total. The van der Waals surface area contributed by atoms with Crippen molar-refractivity contribution < 1.29 is 191 Å². The first-order valence-corrected chi connectivity index (χ1v) is 30.0. The Bertz CT molecular complexity index is 2860. The SMILES string of the molecule is CC(=O)OC[C@H]1O[C@H](O)[C@H](OC(C)=O)[C@@H](OC(C)=O)[C@@H]1O[C@H]1O[C@H](COC(C)=O)[C@@H](O[C@H]2O[C@H](COC(C)=O)[C@@H](O[C@H]3O[C@H](COC(C)=O)[C@@H](O[C@H]4O[C@H](CO)[C@@H](O)[C@@H](OC(C)=O)[C@H]4OC(C)=O)[C@H](OC(C)=O)[C@H]3OC(C)=O)[C@H](OC(C)=O)[C@H]2OC(C)=O)[C@H](OC(C)=O)[C@H]1OC(C)=O. The van der Waals surface area contributed by atoms with E-state index >= 15 is 0 Å². The lowest BCUT2D eigenvalue weighted by Gasteiger charge is -2.51. The zero-order valence-corrected chi connectivity index (χ0v) is 55.4. The highest BCUT2D eigenvalue weighted by atomic mass is 16.8. The van der Waals surface area contributed by atoms with Crippen molar-refractivity contribution >= 4 is 83.6 Å². The van der Waals surface area contributed by atoms with Crippen LogP contribution >= 0.6 is 0 Å². The van der Waals surface area contributed by atoms with Gasteiger partial charge in [-0.05, 0) is 0 Å². The largest absolute Gasteiger partial charge is 0.463 e. The molecular formula is C58H80O40. The van der Waals surface area contributed by atoms with Crippen LogP contribution in [0.4, 0.5) is 0 Å². The third-order valence-corrected chi connectivity index (χ3v) is 14.2. The molecule has 0 aromatic heterocycles. The Morgan fingerprint density at radius 3 is 0.673 bits per heavy atom. The van der Waals surface area contributed by atoms with Gasteiger partial charge in [-0.25, -0.2) is 0 Å². The number of aliphatic hydroxyl groups excluding tert-OH is 3. The van der Waals surface area contributed by atoms with Gasteiger partial charge in [0.25, 0.3) is 0 Å². The molecule has 5 rings (SSSR count). The van der Waals surface area contributed by atoms with Crippen LogP contribution in [0.2, 0.25) is 0 Å². The second kappa shape index (κ2) is 36.8. The van der Waals surface area contributed by atoms with Crippen molar-refractivity contribution in [3.05, 3.63) is 0 Å². The van der Waals surface area contributed by atoms with Gasteiger partial charge in [0.1, 0.15) is 87.5 Å². The Morgan fingerprint density at radius 2 is 0.439 bits per heavy atom. The molecule has 5 aliphatic heterocycles. The molecule has 0 spiro atoms. The molecule has 25 atom stereocenters. The standard InChI is InChI=1S/C58H80O40/c1-20(60)76-16-35-40(45(81-25(6)65)49(54(75)90-35)85-29(10)69)95-56-51(87-31(12)71)47(83-27(8)67)42(37(92-56)18-78-22(3)62)97-58-53(89-33(14)73)48(84-28(9)68)43(38(94-58)19-79-23(4)63)98-57-52(88-32(13)72)46(82-26(7)66)41(36(93-57)17-77-21(2)61)96-55-50(86-30(11)70)44(80-24(5)64)39(74)34(15-59)91-55/h34-59,74-75H,15-19H2,1-14H3/t34-,35-,36-,37-,38-,39-,40-,41-,42-,43-,44-,45+,46+,47+,48+,49-,50-,51-,52-,53-,54+,55-,56-,57-,58-/m1/s1. The summed E-state index contributed by atoms with van der Waals surface area (Å²) in [5, 5.41) is 32.6. The molecule has 552 valence electrons. The van der Waals surface area contributed by atoms with E-state index < -0.39 is 270 Å². The summed E-state index contributed by atoms with van der Waals surface area (Å²) in [4.78, 5) is 180. The van der Waals surface area contributed by atoms with Crippen molar-refractivity contribution in [1.29, 1.82) is 0 Å². The van der Waals surface area contributed by atoms with Crippen LogP contribution in [0, 0.1) is 0 Å². The van der Waals surface area contributed by atoms with Gasteiger partial charge in [-0.1, -0.05) is 0 Å². The Morgan fingerprint density at radius 1 is 0.245 bits per heavy atom. The van der Waals surface area contributed by atoms with Crippen molar-refractivity contribution in [2.24, 2.45) is 0 Å². The van der Waals surface area contributed by atoms with Crippen LogP contribution < -0.4 is 0 Å². The maximum absolute atomic E-state index is 13.5. The summed E-state index contributed by atoms with van der Waals surface area (Å²) < 4.78 is 134. The Hall–Kier alpha value is -7.90. The molecule has 5 saturated heterocycles. The minimum atomic E-state index is -2.30. The first-order valence-electron chi connectivity index (χ1n) is 30.0. The summed E-state index contributed by atoms with van der Waals surface area (Å²) in [7, 11) is 0. The molecule has 0 amide bonds. The van der Waals surface area contributed by atoms with Crippen LogP contribution in [0.15, 0.2) is 0 Å². The van der Waals surface area contributed by atoms with Gasteiger partial charge in [0.2, 0.25) is 0 Å². The second-order valence-electron chi connectivity index (χ2n) is 22.3. The third kappa shape index (κ3) is 23.1. The zero-order chi connectivity index (χ0) is 73.3. The van der Waals surface area contributed by atoms with Gasteiger partial charge in [-0.3, -0.25) is 67.1 Å². The number of ether oxygens (including phenoxy) is 23. The van der Waals surface area contributed by atoms with Gasteiger partial charge >= 0.3 is 83.6 Å². The first-order chi connectivity index (χ1) is 45.9. The van der Waals surface area contributed by atoms with Crippen LogP contribution in [-0.4, -0.2) is 285 Å². The molecule has 40 nitrogen and oxygen atoms in total. The minimum absolute atomic E-state index is 0.801. The van der Waals surface area contributed by atoms with E-state index in [4.69, 9.17) is 109 Å². The van der Waals surface area contributed by atoms with Crippen molar-refractivity contribution in [3.63, 3.8) is 0 Å². The predicted octanol–water partition coefficient (Wildman–Crippen LogP) is -3.93. The average molecular weight is 1420 g/mol. The van der Waals surface area contributed by atoms with Crippen LogP contribution in [0.25, 0.3) is 0 Å². The maximum Gasteiger partial charge on any atom is 0.303 e. The van der Waals surface area contributed by atoms with E-state index in [2.05, 4.69) is 0 Å². The maximum atomic E-state index is 13.5. The monoisotopic (exact) mass is 1420 g/mol. The van der Waals surface area contributed by atoms with E-state index in [0.717, 1.165) is 96.9 Å². The first kappa shape index (κ1) is 80.8. The normalized spacial score (nSPS) is 34.4. The zero-order valence-electron chi connectivity index (χ0n) is 55.4. The molecule has 0 unspecified atom stereocenters. The highest BCUT2D eigenvalue weighted by Gasteiger charge is 2.62. The van der Waals surface area contributed by atoms with Crippen molar-refractivity contribution in [2.75, 3.05) is 33.0 Å². The topological polar surface area (TPSA) is 512 Å². The van der Waals surface area contributed by atoms with Crippen LogP contribution in [-0.2, 0) is 176 Å². The fourth-order valence-electron chi connectivity index (χ4n) is 10.8. The van der Waals surface area contributed by atoms with Gasteiger partial charge in [-0.2, -0.15) is 0 Å². The minimum Gasteiger partial charge on any atom is -0.463 e. The van der Waals surface area contributed by atoms with Crippen LogP contribution in [0.1, 0.15) is 96.9 Å². The molecule has 0 aliphatic carbocycles. The van der Waals surface area contributed by atoms with Crippen molar-refractivity contribution in [3.8, 4) is 0 Å². The fraction of sp³-hybridized carbons (Fsp3) is 0.759. The van der Waals surface area contributed by atoms with E-state index in [1.165, 1.54) is 0 Å². The molecule has 0 aromatic rings. The highest BCUT2D eigenvalue weighted by Crippen LogP contribution is 2.41. The molecule has 0 radical (unpaired) electrons. The Kier molecular flexibility index (Phi) is 30.3. The second-order valence-corrected chi connectivity index (χ2v) is 22.3. The highest BCUT2D eigenvalue weighted by molar-refractivity contribution is 5.71. The lowest BCUT2D eigenvalue weighted by Crippen LogP contribution is -2.70. The number of hydrogen-bond acceptors (Lipinski definition) is 40. The van der Waals surface area contributed by atoms with Gasteiger partial charge in [-0.15, -0.1) is 0 Å². The smallest absolute Gasteiger partial charge is 0.303 e. The molecule has 40 heteroatoms. The predicted molar refractivity (Wildman–Crippen MR) is 300 cm³/mol. The Balaban J connectivity index is 1.71.